The summed E-state index contributed by atoms with van der Waals surface area (Å²) >= 11 is 9.40. The molecule has 4 nitrogen and oxygen atoms in total. The zero-order valence-corrected chi connectivity index (χ0v) is 19.7. The number of carbonyl (C=O) groups excluding carboxylic acids is 1. The first-order chi connectivity index (χ1) is 15.5. The van der Waals surface area contributed by atoms with Crippen molar-refractivity contribution < 1.29 is 9.53 Å². The normalized spacial score (nSPS) is 11.0. The van der Waals surface area contributed by atoms with Gasteiger partial charge in [0.15, 0.2) is 0 Å². The summed E-state index contributed by atoms with van der Waals surface area (Å²) in [6.07, 6.45) is 3.25. The quantitative estimate of drug-likeness (QED) is 0.208. The first-order valence-corrected chi connectivity index (χ1v) is 11.3. The number of aryl methyl sites for hydroxylation is 1. The van der Waals surface area contributed by atoms with Crippen LogP contribution in [-0.4, -0.2) is 12.5 Å². The molecule has 6 heteroatoms. The summed E-state index contributed by atoms with van der Waals surface area (Å²) in [5.74, 6) is 0.292. The van der Waals surface area contributed by atoms with Gasteiger partial charge in [-0.25, -0.2) is 0 Å². The van der Waals surface area contributed by atoms with E-state index in [-0.39, 0.29) is 11.5 Å². The topological polar surface area (TPSA) is 62.1 Å². The van der Waals surface area contributed by atoms with Crippen molar-refractivity contribution in [3.8, 4) is 11.8 Å². The van der Waals surface area contributed by atoms with E-state index >= 15 is 0 Å². The van der Waals surface area contributed by atoms with Crippen molar-refractivity contribution in [1.29, 1.82) is 5.26 Å². The summed E-state index contributed by atoms with van der Waals surface area (Å²) in [5, 5.41) is 12.9. The molecule has 162 valence electrons. The average Bonchev–Trinajstić information content (AvgIpc) is 2.81. The molecule has 0 aliphatic carbocycles. The molecule has 0 aliphatic heterocycles. The minimum atomic E-state index is -0.375. The predicted molar refractivity (Wildman–Crippen MR) is 131 cm³/mol. The summed E-state index contributed by atoms with van der Waals surface area (Å²) in [5.41, 5.74) is 3.01. The van der Waals surface area contributed by atoms with Crippen LogP contribution in [0.4, 0.5) is 0 Å². The van der Waals surface area contributed by atoms with Crippen LogP contribution in [0.15, 0.2) is 82.8 Å². The molecular weight excluding hydrogens is 488 g/mol. The van der Waals surface area contributed by atoms with Gasteiger partial charge in [-0.3, -0.25) is 4.79 Å². The first-order valence-electron chi connectivity index (χ1n) is 10.2. The standard InChI is InChI=1S/C26H22BrClN2O2/c27-24-16-21(10-13-25(24)32-18-20-8-11-23(28)12-9-20)15-22(17-29)26(31)30-14-4-7-19-5-2-1-3-6-19/h1-3,5-6,8-13,15-16H,4,7,14,18H2,(H,30,31)/b22-15-. The molecule has 0 radical (unpaired) electrons. The summed E-state index contributed by atoms with van der Waals surface area (Å²) in [6.45, 7) is 0.910. The number of carbonyl (C=O) groups is 1. The maximum absolute atomic E-state index is 12.4. The fourth-order valence-electron chi connectivity index (χ4n) is 3.02. The smallest absolute Gasteiger partial charge is 0.261 e. The molecule has 3 aromatic carbocycles. The van der Waals surface area contributed by atoms with Crippen LogP contribution < -0.4 is 10.1 Å². The largest absolute Gasteiger partial charge is 0.488 e. The number of nitrogens with zero attached hydrogens (tertiary/aromatic N) is 1. The van der Waals surface area contributed by atoms with Gasteiger partial charge >= 0.3 is 0 Å². The van der Waals surface area contributed by atoms with E-state index < -0.39 is 0 Å². The zero-order chi connectivity index (χ0) is 22.8. The molecule has 32 heavy (non-hydrogen) atoms. The van der Waals surface area contributed by atoms with Crippen LogP contribution in [-0.2, 0) is 17.8 Å². The highest BCUT2D eigenvalue weighted by Gasteiger charge is 2.10. The molecule has 0 unspecified atom stereocenters. The summed E-state index contributed by atoms with van der Waals surface area (Å²) in [4.78, 5) is 12.4. The molecule has 0 saturated carbocycles. The lowest BCUT2D eigenvalue weighted by Gasteiger charge is -2.09. The number of benzene rings is 3. The Labute approximate surface area is 201 Å². The van der Waals surface area contributed by atoms with Crippen LogP contribution in [0.2, 0.25) is 5.02 Å². The Hall–Kier alpha value is -3.07. The van der Waals surface area contributed by atoms with Gasteiger partial charge in [-0.15, -0.1) is 0 Å². The molecule has 3 aromatic rings. The van der Waals surface area contributed by atoms with Gasteiger partial charge in [0, 0.05) is 11.6 Å². The molecule has 0 bridgehead atoms. The van der Waals surface area contributed by atoms with Gasteiger partial charge in [-0.2, -0.15) is 5.26 Å². The van der Waals surface area contributed by atoms with Gasteiger partial charge in [0.1, 0.15) is 24.0 Å². The maximum Gasteiger partial charge on any atom is 0.261 e. The summed E-state index contributed by atoms with van der Waals surface area (Å²) in [6, 6.07) is 25.0. The van der Waals surface area contributed by atoms with Crippen molar-refractivity contribution in [3.63, 3.8) is 0 Å². The second-order valence-corrected chi connectivity index (χ2v) is 8.41. The van der Waals surface area contributed by atoms with Gasteiger partial charge in [-0.05, 0) is 75.8 Å². The van der Waals surface area contributed by atoms with E-state index in [0.717, 1.165) is 28.4 Å². The number of nitrogens with one attached hydrogen (secondary N) is 1. The van der Waals surface area contributed by atoms with Gasteiger partial charge in [0.2, 0.25) is 0 Å². The van der Waals surface area contributed by atoms with Gasteiger partial charge in [-0.1, -0.05) is 60.1 Å². The zero-order valence-electron chi connectivity index (χ0n) is 17.4. The minimum absolute atomic E-state index is 0.0615. The van der Waals surface area contributed by atoms with Crippen molar-refractivity contribution >= 4 is 39.5 Å². The van der Waals surface area contributed by atoms with E-state index in [4.69, 9.17) is 16.3 Å². The molecule has 1 amide bonds. The molecule has 0 heterocycles. The van der Waals surface area contributed by atoms with E-state index in [1.54, 1.807) is 12.1 Å². The number of hydrogen-bond acceptors (Lipinski definition) is 3. The Balaban J connectivity index is 1.55. The molecular formula is C26H22BrClN2O2. The number of amides is 1. The second kappa shape index (κ2) is 12.1. The Bertz CT molecular complexity index is 1120. The van der Waals surface area contributed by atoms with Crippen LogP contribution in [0, 0.1) is 11.3 Å². The van der Waals surface area contributed by atoms with Gasteiger partial charge in [0.25, 0.3) is 5.91 Å². The van der Waals surface area contributed by atoms with E-state index in [9.17, 15) is 10.1 Å². The molecule has 0 atom stereocenters. The number of rotatable bonds is 9. The van der Waals surface area contributed by atoms with Crippen molar-refractivity contribution in [2.45, 2.75) is 19.4 Å². The maximum atomic E-state index is 12.4. The van der Waals surface area contributed by atoms with Crippen LogP contribution in [0.1, 0.15) is 23.1 Å². The Morgan fingerprint density at radius 3 is 2.50 bits per heavy atom. The van der Waals surface area contributed by atoms with Crippen molar-refractivity contribution in [1.82, 2.24) is 5.32 Å². The second-order valence-electron chi connectivity index (χ2n) is 7.12. The van der Waals surface area contributed by atoms with Gasteiger partial charge < -0.3 is 10.1 Å². The highest BCUT2D eigenvalue weighted by atomic mass is 79.9. The highest BCUT2D eigenvalue weighted by Crippen LogP contribution is 2.28. The molecule has 0 saturated heterocycles. The van der Waals surface area contributed by atoms with E-state index in [0.29, 0.717) is 23.9 Å². The Kier molecular flexibility index (Phi) is 8.91. The molecule has 1 N–H and O–H groups in total. The third-order valence-corrected chi connectivity index (χ3v) is 5.58. The fraction of sp³-hybridized carbons (Fsp3) is 0.154. The SMILES string of the molecule is N#C/C(=C/c1ccc(OCc2ccc(Cl)cc2)c(Br)c1)C(=O)NCCCc1ccccc1. The first kappa shape index (κ1) is 23.6. The number of halogens is 2. The van der Waals surface area contributed by atoms with Crippen molar-refractivity contribution in [2.75, 3.05) is 6.54 Å². The fourth-order valence-corrected chi connectivity index (χ4v) is 3.65. The Morgan fingerprint density at radius 1 is 1.06 bits per heavy atom. The lowest BCUT2D eigenvalue weighted by molar-refractivity contribution is -0.117. The Morgan fingerprint density at radius 2 is 1.81 bits per heavy atom. The molecule has 0 aliphatic rings. The molecule has 0 spiro atoms. The van der Waals surface area contributed by atoms with Crippen LogP contribution >= 0.6 is 27.5 Å². The van der Waals surface area contributed by atoms with Crippen LogP contribution in [0.3, 0.4) is 0 Å². The average molecular weight is 510 g/mol. The van der Waals surface area contributed by atoms with E-state index in [2.05, 4.69) is 33.4 Å². The minimum Gasteiger partial charge on any atom is -0.488 e. The van der Waals surface area contributed by atoms with Crippen molar-refractivity contribution in [3.05, 3.63) is 105 Å². The lowest BCUT2D eigenvalue weighted by atomic mass is 10.1. The number of ether oxygens (including phenoxy) is 1. The summed E-state index contributed by atoms with van der Waals surface area (Å²) < 4.78 is 6.58. The number of nitriles is 1. The van der Waals surface area contributed by atoms with Crippen molar-refractivity contribution in [2.24, 2.45) is 0 Å². The number of hydrogen-bond donors (Lipinski definition) is 1. The monoisotopic (exact) mass is 508 g/mol. The highest BCUT2D eigenvalue weighted by molar-refractivity contribution is 9.10. The van der Waals surface area contributed by atoms with E-state index in [1.807, 2.05) is 60.7 Å². The molecule has 3 rings (SSSR count). The summed E-state index contributed by atoms with van der Waals surface area (Å²) in [7, 11) is 0. The molecule has 0 fully saturated rings. The van der Waals surface area contributed by atoms with Gasteiger partial charge in [0.05, 0.1) is 4.47 Å². The lowest BCUT2D eigenvalue weighted by Crippen LogP contribution is -2.25. The van der Waals surface area contributed by atoms with E-state index in [1.165, 1.54) is 5.56 Å². The van der Waals surface area contributed by atoms with Crippen LogP contribution in [0.5, 0.6) is 5.75 Å². The van der Waals surface area contributed by atoms with Crippen LogP contribution in [0.25, 0.3) is 6.08 Å². The third-order valence-electron chi connectivity index (χ3n) is 4.71. The molecule has 0 aromatic heterocycles. The third kappa shape index (κ3) is 7.26. The predicted octanol–water partition coefficient (Wildman–Crippen LogP) is 6.34.